The van der Waals surface area contributed by atoms with Gasteiger partial charge in [0.2, 0.25) is 0 Å². The van der Waals surface area contributed by atoms with Gasteiger partial charge in [-0.1, -0.05) is 83.1 Å². The van der Waals surface area contributed by atoms with Crippen LogP contribution in [0.25, 0.3) is 0 Å². The van der Waals surface area contributed by atoms with E-state index in [1.165, 1.54) is 13.8 Å². The molecule has 0 aliphatic carbocycles. The molecule has 0 rings (SSSR count). The van der Waals surface area contributed by atoms with Gasteiger partial charge in [-0.25, -0.2) is 4.79 Å². The maximum absolute atomic E-state index is 14.1. The Morgan fingerprint density at radius 1 is 0.837 bits per heavy atom. The second-order valence-electron chi connectivity index (χ2n) is 15.2. The summed E-state index contributed by atoms with van der Waals surface area (Å²) in [7, 11) is 0. The predicted molar refractivity (Wildman–Crippen MR) is 150 cm³/mol. The number of hydrogen-bond acceptors (Lipinski definition) is 5. The number of rotatable bonds is 16. The number of aliphatic hydroxyl groups excluding tert-OH is 1. The first-order valence-corrected chi connectivity index (χ1v) is 14.6. The summed E-state index contributed by atoms with van der Waals surface area (Å²) in [5, 5.41) is 20.1. The predicted octanol–water partition coefficient (Wildman–Crippen LogP) is 8.98. The zero-order valence-corrected chi connectivity index (χ0v) is 27.7. The maximum Gasteiger partial charge on any atom is 0.460 e. The second-order valence-corrected chi connectivity index (χ2v) is 15.2. The van der Waals surface area contributed by atoms with E-state index in [1.54, 1.807) is 13.8 Å². The zero-order valence-electron chi connectivity index (χ0n) is 27.7. The summed E-state index contributed by atoms with van der Waals surface area (Å²) in [5.41, 5.74) is -2.39. The minimum atomic E-state index is -6.66. The topological polar surface area (TPSA) is 79.6 Å². The van der Waals surface area contributed by atoms with E-state index in [1.807, 2.05) is 61.5 Å². The number of ether oxygens (including phenoxy) is 2. The largest absolute Gasteiger partial charge is 0.460 e. The molecular formula is C31H52F7NO4. The maximum atomic E-state index is 14.1. The van der Waals surface area contributed by atoms with Gasteiger partial charge in [-0.2, -0.15) is 36.0 Å². The molecule has 1 N–H and O–H groups in total. The summed E-state index contributed by atoms with van der Waals surface area (Å²) in [6.45, 7) is 22.1. The van der Waals surface area contributed by atoms with Crippen molar-refractivity contribution in [3.8, 4) is 6.07 Å². The Kier molecular flexibility index (Phi) is 13.7. The number of carbonyl (C=O) groups excluding carboxylic acids is 1. The van der Waals surface area contributed by atoms with E-state index < -0.39 is 64.5 Å². The van der Waals surface area contributed by atoms with Crippen molar-refractivity contribution in [3.63, 3.8) is 0 Å². The highest BCUT2D eigenvalue weighted by Crippen LogP contribution is 2.52. The summed E-state index contributed by atoms with van der Waals surface area (Å²) in [5.74, 6) is -16.6. The van der Waals surface area contributed by atoms with E-state index in [-0.39, 0.29) is 30.8 Å². The molecule has 0 fully saturated rings. The number of aliphatic hydroxyl groups is 1. The van der Waals surface area contributed by atoms with E-state index in [4.69, 9.17) is 14.7 Å². The van der Waals surface area contributed by atoms with Crippen LogP contribution in [-0.4, -0.2) is 54.0 Å². The fraction of sp³-hybridized carbons (Fsp3) is 0.935. The van der Waals surface area contributed by atoms with E-state index in [2.05, 4.69) is 0 Å². The molecular weight excluding hydrogens is 583 g/mol. The first kappa shape index (κ1) is 41.4. The molecule has 5 nitrogen and oxygen atoms in total. The molecule has 0 radical (unpaired) electrons. The number of halogens is 7. The third kappa shape index (κ3) is 10.5. The first-order chi connectivity index (χ1) is 18.9. The lowest BCUT2D eigenvalue weighted by molar-refractivity contribution is -0.349. The van der Waals surface area contributed by atoms with Gasteiger partial charge in [0, 0.05) is 0 Å². The molecule has 0 saturated heterocycles. The zero-order chi connectivity index (χ0) is 34.6. The van der Waals surface area contributed by atoms with Crippen LogP contribution >= 0.6 is 0 Å². The number of esters is 1. The van der Waals surface area contributed by atoms with Crippen LogP contribution in [0.1, 0.15) is 109 Å². The molecule has 4 atom stereocenters. The summed E-state index contributed by atoms with van der Waals surface area (Å²) < 4.78 is 104. The quantitative estimate of drug-likeness (QED) is 0.104. The molecule has 43 heavy (non-hydrogen) atoms. The van der Waals surface area contributed by atoms with E-state index in [0.717, 1.165) is 0 Å². The van der Waals surface area contributed by atoms with Gasteiger partial charge in [0.1, 0.15) is 6.10 Å². The van der Waals surface area contributed by atoms with Crippen molar-refractivity contribution in [1.29, 1.82) is 5.26 Å². The number of carbonyl (C=O) groups is 1. The van der Waals surface area contributed by atoms with Crippen molar-refractivity contribution in [2.45, 2.75) is 145 Å². The average molecular weight is 636 g/mol. The van der Waals surface area contributed by atoms with Crippen LogP contribution in [0.3, 0.4) is 0 Å². The number of nitrogens with zero attached hydrogens (tertiary/aromatic N) is 1. The Balaban J connectivity index is 6.33. The molecule has 0 aromatic rings. The molecule has 0 heterocycles. The summed E-state index contributed by atoms with van der Waals surface area (Å²) >= 11 is 0. The minimum Gasteiger partial charge on any atom is -0.457 e. The minimum absolute atomic E-state index is 0.0804. The molecule has 0 saturated carbocycles. The molecule has 0 aromatic heterocycles. The SMILES string of the molecule is CC(C)C(CC(C)(C)C(C)(C)C(CC(C)(C)C(C)C(O)CC(C)(C)C)OCCC#N)OC(=O)C(F)(F)C(F)(F)C(F)(F)F. The third-order valence-electron chi connectivity index (χ3n) is 9.15. The highest BCUT2D eigenvalue weighted by atomic mass is 19.4. The van der Waals surface area contributed by atoms with Gasteiger partial charge < -0.3 is 14.6 Å². The molecule has 4 unspecified atom stereocenters. The number of nitriles is 1. The van der Waals surface area contributed by atoms with Crippen molar-refractivity contribution in [2.24, 2.45) is 33.5 Å². The van der Waals surface area contributed by atoms with Gasteiger partial charge >= 0.3 is 24.0 Å². The van der Waals surface area contributed by atoms with Gasteiger partial charge in [0.15, 0.2) is 0 Å². The molecule has 0 spiro atoms. The van der Waals surface area contributed by atoms with Crippen molar-refractivity contribution in [2.75, 3.05) is 6.61 Å². The Bertz CT molecular complexity index is 947. The van der Waals surface area contributed by atoms with Crippen molar-refractivity contribution in [1.82, 2.24) is 0 Å². The number of alkyl halides is 7. The van der Waals surface area contributed by atoms with Crippen LogP contribution in [0.2, 0.25) is 0 Å². The van der Waals surface area contributed by atoms with Crippen molar-refractivity contribution in [3.05, 3.63) is 0 Å². The molecule has 0 aromatic carbocycles. The van der Waals surface area contributed by atoms with Crippen LogP contribution in [0.15, 0.2) is 0 Å². The van der Waals surface area contributed by atoms with Gasteiger partial charge in [-0.15, -0.1) is 0 Å². The third-order valence-corrected chi connectivity index (χ3v) is 9.15. The Hall–Kier alpha value is -1.61. The fourth-order valence-corrected chi connectivity index (χ4v) is 4.89. The smallest absolute Gasteiger partial charge is 0.457 e. The van der Waals surface area contributed by atoms with Crippen LogP contribution in [0, 0.1) is 44.8 Å². The molecule has 0 aliphatic heterocycles. The van der Waals surface area contributed by atoms with Gasteiger partial charge in [-0.3, -0.25) is 0 Å². The Morgan fingerprint density at radius 2 is 1.33 bits per heavy atom. The lowest BCUT2D eigenvalue weighted by atomic mass is 9.58. The highest BCUT2D eigenvalue weighted by molar-refractivity contribution is 5.79. The van der Waals surface area contributed by atoms with Crippen molar-refractivity contribution < 1.29 is 50.1 Å². The van der Waals surface area contributed by atoms with Crippen LogP contribution in [0.4, 0.5) is 30.7 Å². The number of hydrogen-bond donors (Lipinski definition) is 1. The van der Waals surface area contributed by atoms with Crippen molar-refractivity contribution >= 4 is 5.97 Å². The second kappa shape index (κ2) is 14.2. The van der Waals surface area contributed by atoms with Crippen LogP contribution in [0.5, 0.6) is 0 Å². The molecule has 0 aliphatic rings. The molecule has 12 heteroatoms. The lowest BCUT2D eigenvalue weighted by Crippen LogP contribution is -2.57. The summed E-state index contributed by atoms with van der Waals surface area (Å²) in [6.07, 6.45) is -8.44. The van der Waals surface area contributed by atoms with Gasteiger partial charge in [0.25, 0.3) is 0 Å². The summed E-state index contributed by atoms with van der Waals surface area (Å²) in [6, 6.07) is 2.01. The normalized spacial score (nSPS) is 17.3. The average Bonchev–Trinajstić information content (AvgIpc) is 2.79. The Labute approximate surface area is 252 Å². The monoisotopic (exact) mass is 635 g/mol. The molecule has 254 valence electrons. The summed E-state index contributed by atoms with van der Waals surface area (Å²) in [4.78, 5) is 12.1. The van der Waals surface area contributed by atoms with E-state index in [9.17, 15) is 40.6 Å². The van der Waals surface area contributed by atoms with Crippen LogP contribution < -0.4 is 0 Å². The van der Waals surface area contributed by atoms with E-state index >= 15 is 0 Å². The van der Waals surface area contributed by atoms with Crippen LogP contribution in [-0.2, 0) is 14.3 Å². The Morgan fingerprint density at radius 3 is 1.72 bits per heavy atom. The van der Waals surface area contributed by atoms with Gasteiger partial charge in [0.05, 0.1) is 31.3 Å². The van der Waals surface area contributed by atoms with Gasteiger partial charge in [-0.05, 0) is 52.8 Å². The van der Waals surface area contributed by atoms with E-state index in [0.29, 0.717) is 12.8 Å². The molecule has 0 amide bonds. The first-order valence-electron chi connectivity index (χ1n) is 14.6. The lowest BCUT2D eigenvalue weighted by Gasteiger charge is -2.51. The standard InChI is InChI=1S/C31H52F7NO4/c1-19(2)22(43-24(41)29(32,33)30(34,35)31(36,37)38)17-27(9,10)28(11,12)23(42-15-13-14-39)18-26(7,8)20(3)21(40)16-25(4,5)6/h19-23,40H,13,15-18H2,1-12H3. The fourth-order valence-electron chi connectivity index (χ4n) is 4.89. The molecule has 0 bridgehead atoms. The highest BCUT2D eigenvalue weighted by Gasteiger charge is 2.77.